The van der Waals surface area contributed by atoms with Crippen molar-refractivity contribution in [3.05, 3.63) is 52.3 Å². The molecule has 1 fully saturated rings. The van der Waals surface area contributed by atoms with E-state index in [1.54, 1.807) is 17.0 Å². The average Bonchev–Trinajstić information content (AvgIpc) is 3.26. The van der Waals surface area contributed by atoms with Crippen LogP contribution in [0.3, 0.4) is 0 Å². The van der Waals surface area contributed by atoms with Crippen molar-refractivity contribution < 1.29 is 18.0 Å². The predicted octanol–water partition coefficient (Wildman–Crippen LogP) is 4.75. The molecule has 0 spiro atoms. The third kappa shape index (κ3) is 4.28. The molecule has 0 atom stereocenters. The highest BCUT2D eigenvalue weighted by Crippen LogP contribution is 2.28. The minimum Gasteiger partial charge on any atom is -0.334 e. The first-order valence-corrected chi connectivity index (χ1v) is 9.31. The second-order valence-corrected chi connectivity index (χ2v) is 7.23. The van der Waals surface area contributed by atoms with E-state index in [4.69, 9.17) is 0 Å². The van der Waals surface area contributed by atoms with Crippen LogP contribution in [0.1, 0.15) is 41.7 Å². The summed E-state index contributed by atoms with van der Waals surface area (Å²) in [6, 6.07) is 8.27. The highest BCUT2D eigenvalue weighted by Gasteiger charge is 2.34. The van der Waals surface area contributed by atoms with Gasteiger partial charge >= 0.3 is 6.18 Å². The normalized spacial score (nSPS) is 15.4. The van der Waals surface area contributed by atoms with E-state index in [1.165, 1.54) is 10.9 Å². The Morgan fingerprint density at radius 2 is 1.92 bits per heavy atom. The summed E-state index contributed by atoms with van der Waals surface area (Å²) in [6.45, 7) is 0.548. The number of nitrogens with zero attached hydrogens (tertiary/aromatic N) is 3. The topological polar surface area (TPSA) is 38.1 Å². The van der Waals surface area contributed by atoms with Crippen LogP contribution in [0, 0.1) is 0 Å². The smallest absolute Gasteiger partial charge is 0.334 e. The zero-order chi connectivity index (χ0) is 18.7. The lowest BCUT2D eigenvalue weighted by molar-refractivity contribution is -0.141. The van der Waals surface area contributed by atoms with E-state index in [0.717, 1.165) is 31.7 Å². The van der Waals surface area contributed by atoms with Crippen molar-refractivity contribution in [3.63, 3.8) is 0 Å². The molecule has 26 heavy (non-hydrogen) atoms. The van der Waals surface area contributed by atoms with Crippen LogP contribution in [-0.4, -0.2) is 33.2 Å². The van der Waals surface area contributed by atoms with E-state index in [0.29, 0.717) is 16.6 Å². The molecule has 0 N–H and O–H groups in total. The van der Waals surface area contributed by atoms with Gasteiger partial charge in [0.2, 0.25) is 0 Å². The molecule has 1 aliphatic rings. The summed E-state index contributed by atoms with van der Waals surface area (Å²) in [6.07, 6.45) is 0.806. The lowest BCUT2D eigenvalue weighted by Crippen LogP contribution is -2.41. The molecule has 4 nitrogen and oxygen atoms in total. The van der Waals surface area contributed by atoms with Crippen LogP contribution in [0.4, 0.5) is 13.2 Å². The second kappa shape index (κ2) is 7.82. The molecular weight excluding hydrogens is 411 g/mol. The summed E-state index contributed by atoms with van der Waals surface area (Å²) in [5, 5.41) is 3.57. The number of amides is 1. The van der Waals surface area contributed by atoms with Crippen LogP contribution in [0.15, 0.2) is 41.0 Å². The Hall–Kier alpha value is -1.83. The molecule has 3 rings (SSSR count). The Balaban J connectivity index is 1.76. The molecule has 1 aromatic carbocycles. The average molecular weight is 430 g/mol. The van der Waals surface area contributed by atoms with E-state index < -0.39 is 11.9 Å². The van der Waals surface area contributed by atoms with Gasteiger partial charge in [-0.05, 0) is 47.0 Å². The lowest BCUT2D eigenvalue weighted by Gasteiger charge is -2.29. The Morgan fingerprint density at radius 1 is 1.23 bits per heavy atom. The van der Waals surface area contributed by atoms with Gasteiger partial charge < -0.3 is 4.90 Å². The molecule has 8 heteroatoms. The molecular formula is C18H19BrF3N3O. The van der Waals surface area contributed by atoms with Crippen molar-refractivity contribution in [1.82, 2.24) is 14.7 Å². The monoisotopic (exact) mass is 429 g/mol. The standard InChI is InChI=1S/C18H19BrF3N3O/c19-15-8-4-3-7-14(15)17(26)25(13-5-1-2-6-13)12-11-24-10-9-16(23-24)18(20,21)22/h3-4,7-10,13H,1-2,5-6,11-12H2. The van der Waals surface area contributed by atoms with Crippen molar-refractivity contribution in [2.45, 2.75) is 44.4 Å². The van der Waals surface area contributed by atoms with Crippen molar-refractivity contribution in [3.8, 4) is 0 Å². The van der Waals surface area contributed by atoms with Crippen LogP contribution in [-0.2, 0) is 12.7 Å². The first kappa shape index (κ1) is 18.9. The molecule has 1 saturated carbocycles. The maximum atomic E-state index is 13.0. The SMILES string of the molecule is O=C(c1ccccc1Br)N(CCn1ccc(C(F)(F)F)n1)C1CCCC1. The molecule has 2 aromatic rings. The summed E-state index contributed by atoms with van der Waals surface area (Å²) >= 11 is 3.40. The van der Waals surface area contributed by atoms with Gasteiger partial charge in [-0.2, -0.15) is 18.3 Å². The van der Waals surface area contributed by atoms with E-state index in [-0.39, 0.29) is 18.5 Å². The van der Waals surface area contributed by atoms with Crippen LogP contribution in [0.5, 0.6) is 0 Å². The van der Waals surface area contributed by atoms with Crippen LogP contribution in [0.2, 0.25) is 0 Å². The number of hydrogen-bond donors (Lipinski definition) is 0. The van der Waals surface area contributed by atoms with Crippen LogP contribution >= 0.6 is 15.9 Å². The fraction of sp³-hybridized carbons (Fsp3) is 0.444. The number of halogens is 4. The Kier molecular flexibility index (Phi) is 5.70. The quantitative estimate of drug-likeness (QED) is 0.687. The number of benzene rings is 1. The van der Waals surface area contributed by atoms with E-state index in [1.807, 2.05) is 12.1 Å². The number of rotatable bonds is 5. The van der Waals surface area contributed by atoms with Gasteiger partial charge in [-0.1, -0.05) is 25.0 Å². The Labute approximate surface area is 158 Å². The van der Waals surface area contributed by atoms with Gasteiger partial charge in [0.05, 0.1) is 12.1 Å². The van der Waals surface area contributed by atoms with Gasteiger partial charge in [-0.15, -0.1) is 0 Å². The highest BCUT2D eigenvalue weighted by atomic mass is 79.9. The van der Waals surface area contributed by atoms with Crippen LogP contribution in [0.25, 0.3) is 0 Å². The summed E-state index contributed by atoms with van der Waals surface area (Å²) in [5.74, 6) is -0.104. The maximum Gasteiger partial charge on any atom is 0.435 e. The molecule has 1 heterocycles. The van der Waals surface area contributed by atoms with E-state index >= 15 is 0 Å². The largest absolute Gasteiger partial charge is 0.435 e. The Bertz CT molecular complexity index is 769. The van der Waals surface area contributed by atoms with Crippen molar-refractivity contribution >= 4 is 21.8 Å². The van der Waals surface area contributed by atoms with Gasteiger partial charge in [0.15, 0.2) is 5.69 Å². The van der Waals surface area contributed by atoms with Crippen molar-refractivity contribution in [2.24, 2.45) is 0 Å². The summed E-state index contributed by atoms with van der Waals surface area (Å²) in [7, 11) is 0. The van der Waals surface area contributed by atoms with Crippen molar-refractivity contribution in [2.75, 3.05) is 6.54 Å². The molecule has 0 radical (unpaired) electrons. The summed E-state index contributed by atoms with van der Waals surface area (Å²) in [5.41, 5.74) is -0.349. The first-order chi connectivity index (χ1) is 12.4. The van der Waals surface area contributed by atoms with Gasteiger partial charge in [-0.25, -0.2) is 0 Å². The third-order valence-corrected chi connectivity index (χ3v) is 5.32. The molecule has 1 aromatic heterocycles. The maximum absolute atomic E-state index is 13.0. The molecule has 0 saturated heterocycles. The Morgan fingerprint density at radius 3 is 2.54 bits per heavy atom. The lowest BCUT2D eigenvalue weighted by atomic mass is 10.1. The molecule has 1 amide bonds. The number of hydrogen-bond acceptors (Lipinski definition) is 2. The molecule has 0 unspecified atom stereocenters. The molecule has 1 aliphatic carbocycles. The fourth-order valence-corrected chi connectivity index (χ4v) is 3.76. The van der Waals surface area contributed by atoms with E-state index in [2.05, 4.69) is 21.0 Å². The van der Waals surface area contributed by atoms with Gasteiger partial charge in [0.25, 0.3) is 5.91 Å². The highest BCUT2D eigenvalue weighted by molar-refractivity contribution is 9.10. The molecule has 140 valence electrons. The number of alkyl halides is 3. The number of carbonyl (C=O) groups excluding carboxylic acids is 1. The number of aromatic nitrogens is 2. The predicted molar refractivity (Wildman–Crippen MR) is 94.7 cm³/mol. The summed E-state index contributed by atoms with van der Waals surface area (Å²) in [4.78, 5) is 14.8. The van der Waals surface area contributed by atoms with Gasteiger partial charge in [0.1, 0.15) is 0 Å². The number of carbonyl (C=O) groups is 1. The molecule has 0 bridgehead atoms. The van der Waals surface area contributed by atoms with Gasteiger partial charge in [-0.3, -0.25) is 9.48 Å². The fourth-order valence-electron chi connectivity index (χ4n) is 3.30. The third-order valence-electron chi connectivity index (χ3n) is 4.63. The minimum atomic E-state index is -4.46. The second-order valence-electron chi connectivity index (χ2n) is 6.38. The van der Waals surface area contributed by atoms with Crippen molar-refractivity contribution in [1.29, 1.82) is 0 Å². The summed E-state index contributed by atoms with van der Waals surface area (Å²) < 4.78 is 40.0. The zero-order valence-electron chi connectivity index (χ0n) is 14.0. The van der Waals surface area contributed by atoms with Gasteiger partial charge in [0, 0.05) is 23.3 Å². The molecule has 0 aliphatic heterocycles. The first-order valence-electron chi connectivity index (χ1n) is 8.52. The zero-order valence-corrected chi connectivity index (χ0v) is 15.6. The minimum absolute atomic E-state index is 0.104. The van der Waals surface area contributed by atoms with E-state index in [9.17, 15) is 18.0 Å². The van der Waals surface area contributed by atoms with Crippen LogP contribution < -0.4 is 0 Å².